The van der Waals surface area contributed by atoms with E-state index in [0.29, 0.717) is 18.5 Å². The van der Waals surface area contributed by atoms with Crippen LogP contribution in [0.1, 0.15) is 23.2 Å². The van der Waals surface area contributed by atoms with Crippen LogP contribution in [-0.4, -0.2) is 34.4 Å². The fraction of sp³-hybridized carbons (Fsp3) is 0.333. The summed E-state index contributed by atoms with van der Waals surface area (Å²) in [5.74, 6) is -0.0424. The molecule has 0 aliphatic carbocycles. The third kappa shape index (κ3) is 2.92. The van der Waals surface area contributed by atoms with Crippen LogP contribution in [0.15, 0.2) is 32.3 Å². The summed E-state index contributed by atoms with van der Waals surface area (Å²) in [6.07, 6.45) is 1.56. The number of rotatable bonds is 2. The topological polar surface area (TPSA) is 78.9 Å². The van der Waals surface area contributed by atoms with Crippen LogP contribution in [0.2, 0.25) is 0 Å². The molecule has 1 aliphatic heterocycles. The fourth-order valence-electron chi connectivity index (χ4n) is 2.20. The maximum absolute atomic E-state index is 12.5. The van der Waals surface area contributed by atoms with Gasteiger partial charge in [0.1, 0.15) is 0 Å². The summed E-state index contributed by atoms with van der Waals surface area (Å²) < 4.78 is 1.56. The summed E-state index contributed by atoms with van der Waals surface area (Å²) in [6.45, 7) is 0.610. The van der Waals surface area contributed by atoms with Crippen molar-refractivity contribution in [3.63, 3.8) is 0 Å². The summed E-state index contributed by atoms with van der Waals surface area (Å²) in [5, 5.41) is 11.8. The molecule has 0 saturated carbocycles. The fourth-order valence-corrected chi connectivity index (χ4v) is 2.98. The van der Waals surface area contributed by atoms with Gasteiger partial charge in [0.25, 0.3) is 5.91 Å². The predicted octanol–water partition coefficient (Wildman–Crippen LogP) is 2.56. The first-order valence-electron chi connectivity index (χ1n) is 5.78. The number of nitrogens with two attached hydrogens (primary N) is 1. The first-order valence-corrected chi connectivity index (χ1v) is 7.36. The zero-order valence-corrected chi connectivity index (χ0v) is 13.2. The zero-order valence-electron chi connectivity index (χ0n) is 10.0. The van der Waals surface area contributed by atoms with Gasteiger partial charge in [0.2, 0.25) is 0 Å². The minimum atomic E-state index is -0.330. The van der Waals surface area contributed by atoms with E-state index >= 15 is 0 Å². The molecule has 1 heterocycles. The standard InChI is InChI=1S/C12H13Br2N3O2/c13-7-3-4-9(14)8(6-7)12(18)17-5-1-2-10(17)11(15)16-19/h3-4,6,10,19H,1-2,5H2,(H2,15,16). The molecule has 7 heteroatoms. The maximum atomic E-state index is 12.5. The van der Waals surface area contributed by atoms with Gasteiger partial charge in [0.05, 0.1) is 11.6 Å². The molecule has 1 fully saturated rings. The summed E-state index contributed by atoms with van der Waals surface area (Å²) in [6, 6.07) is 5.09. The van der Waals surface area contributed by atoms with E-state index < -0.39 is 0 Å². The van der Waals surface area contributed by atoms with Crippen molar-refractivity contribution >= 4 is 43.6 Å². The van der Waals surface area contributed by atoms with Crippen molar-refractivity contribution < 1.29 is 10.0 Å². The molecule has 1 unspecified atom stereocenters. The van der Waals surface area contributed by atoms with Gasteiger partial charge in [-0.25, -0.2) is 0 Å². The highest BCUT2D eigenvalue weighted by Crippen LogP contribution is 2.26. The minimum Gasteiger partial charge on any atom is -0.409 e. The van der Waals surface area contributed by atoms with Crippen LogP contribution in [0.4, 0.5) is 0 Å². The summed E-state index contributed by atoms with van der Waals surface area (Å²) in [4.78, 5) is 14.2. The summed E-state index contributed by atoms with van der Waals surface area (Å²) in [7, 11) is 0. The number of nitrogens with zero attached hydrogens (tertiary/aromatic N) is 2. The molecule has 3 N–H and O–H groups in total. The average Bonchev–Trinajstić information content (AvgIpc) is 2.89. The van der Waals surface area contributed by atoms with Crippen LogP contribution >= 0.6 is 31.9 Å². The van der Waals surface area contributed by atoms with E-state index in [1.54, 1.807) is 11.0 Å². The number of likely N-dealkylation sites (tertiary alicyclic amines) is 1. The van der Waals surface area contributed by atoms with Gasteiger partial charge >= 0.3 is 0 Å². The summed E-state index contributed by atoms with van der Waals surface area (Å²) in [5.41, 5.74) is 6.20. The number of carbonyl (C=O) groups is 1. The van der Waals surface area contributed by atoms with Gasteiger partial charge in [-0.05, 0) is 47.0 Å². The van der Waals surface area contributed by atoms with Crippen LogP contribution < -0.4 is 5.73 Å². The lowest BCUT2D eigenvalue weighted by atomic mass is 10.1. The van der Waals surface area contributed by atoms with E-state index in [2.05, 4.69) is 37.0 Å². The number of halogens is 2. The molecule has 1 atom stereocenters. The van der Waals surface area contributed by atoms with E-state index in [1.807, 2.05) is 12.1 Å². The van der Waals surface area contributed by atoms with Gasteiger partial charge in [-0.15, -0.1) is 0 Å². The largest absolute Gasteiger partial charge is 0.409 e. The van der Waals surface area contributed by atoms with Crippen molar-refractivity contribution in [1.82, 2.24) is 4.90 Å². The summed E-state index contributed by atoms with van der Waals surface area (Å²) >= 11 is 6.72. The lowest BCUT2D eigenvalue weighted by Crippen LogP contribution is -2.44. The Bertz CT molecular complexity index is 534. The number of benzene rings is 1. The van der Waals surface area contributed by atoms with Crippen LogP contribution in [0, 0.1) is 0 Å². The third-order valence-corrected chi connectivity index (χ3v) is 4.31. The number of amidine groups is 1. The van der Waals surface area contributed by atoms with Crippen molar-refractivity contribution in [2.24, 2.45) is 10.9 Å². The molecular weight excluding hydrogens is 378 g/mol. The van der Waals surface area contributed by atoms with Gasteiger partial charge in [-0.3, -0.25) is 4.79 Å². The molecule has 102 valence electrons. The second-order valence-corrected chi connectivity index (χ2v) is 6.08. The highest BCUT2D eigenvalue weighted by molar-refractivity contribution is 9.11. The molecule has 1 amide bonds. The van der Waals surface area contributed by atoms with Crippen LogP contribution in [0.3, 0.4) is 0 Å². The Labute approximate surface area is 127 Å². The molecule has 0 aromatic heterocycles. The number of amides is 1. The van der Waals surface area contributed by atoms with Crippen molar-refractivity contribution in [3.8, 4) is 0 Å². The Hall–Kier alpha value is -1.08. The molecule has 5 nitrogen and oxygen atoms in total. The lowest BCUT2D eigenvalue weighted by Gasteiger charge is -2.24. The Morgan fingerprint density at radius 2 is 2.21 bits per heavy atom. The van der Waals surface area contributed by atoms with E-state index in [4.69, 9.17) is 10.9 Å². The van der Waals surface area contributed by atoms with Gasteiger partial charge in [0.15, 0.2) is 5.84 Å². The average molecular weight is 391 g/mol. The first-order chi connectivity index (χ1) is 9.04. The second-order valence-electron chi connectivity index (χ2n) is 4.31. The Kier molecular flexibility index (Phi) is 4.46. The monoisotopic (exact) mass is 389 g/mol. The Morgan fingerprint density at radius 3 is 2.89 bits per heavy atom. The van der Waals surface area contributed by atoms with Gasteiger partial charge in [-0.1, -0.05) is 21.1 Å². The molecule has 2 rings (SSSR count). The maximum Gasteiger partial charge on any atom is 0.255 e. The van der Waals surface area contributed by atoms with Gasteiger partial charge in [-0.2, -0.15) is 0 Å². The molecule has 0 bridgehead atoms. The molecule has 1 saturated heterocycles. The Balaban J connectivity index is 2.31. The number of carbonyl (C=O) groups excluding carboxylic acids is 1. The van der Waals surface area contributed by atoms with Crippen molar-refractivity contribution in [3.05, 3.63) is 32.7 Å². The van der Waals surface area contributed by atoms with E-state index in [-0.39, 0.29) is 17.8 Å². The van der Waals surface area contributed by atoms with E-state index in [0.717, 1.165) is 15.4 Å². The second kappa shape index (κ2) is 5.92. The molecule has 1 aliphatic rings. The van der Waals surface area contributed by atoms with Gasteiger partial charge < -0.3 is 15.8 Å². The third-order valence-electron chi connectivity index (χ3n) is 3.13. The molecule has 1 aromatic rings. The minimum absolute atomic E-state index is 0.0805. The lowest BCUT2D eigenvalue weighted by molar-refractivity contribution is 0.0767. The molecule has 0 spiro atoms. The number of hydrogen-bond donors (Lipinski definition) is 2. The zero-order chi connectivity index (χ0) is 14.0. The normalized spacial score (nSPS) is 19.8. The molecule has 0 radical (unpaired) electrons. The van der Waals surface area contributed by atoms with Crippen LogP contribution in [-0.2, 0) is 0 Å². The van der Waals surface area contributed by atoms with Gasteiger partial charge in [0, 0.05) is 15.5 Å². The highest BCUT2D eigenvalue weighted by Gasteiger charge is 2.33. The quantitative estimate of drug-likeness (QED) is 0.352. The number of oxime groups is 1. The van der Waals surface area contributed by atoms with Crippen LogP contribution in [0.5, 0.6) is 0 Å². The predicted molar refractivity (Wildman–Crippen MR) is 79.3 cm³/mol. The molecule has 1 aromatic carbocycles. The highest BCUT2D eigenvalue weighted by atomic mass is 79.9. The van der Waals surface area contributed by atoms with Crippen molar-refractivity contribution in [1.29, 1.82) is 0 Å². The number of hydrogen-bond acceptors (Lipinski definition) is 3. The first kappa shape index (κ1) is 14.3. The SMILES string of the molecule is N/C(=N/O)C1CCCN1C(=O)c1cc(Br)ccc1Br. The van der Waals surface area contributed by atoms with Crippen molar-refractivity contribution in [2.75, 3.05) is 6.54 Å². The smallest absolute Gasteiger partial charge is 0.255 e. The Morgan fingerprint density at radius 1 is 1.47 bits per heavy atom. The van der Waals surface area contributed by atoms with E-state index in [9.17, 15) is 4.79 Å². The van der Waals surface area contributed by atoms with Crippen molar-refractivity contribution in [2.45, 2.75) is 18.9 Å². The molecule has 19 heavy (non-hydrogen) atoms. The molecular formula is C12H13Br2N3O2. The van der Waals surface area contributed by atoms with Crippen LogP contribution in [0.25, 0.3) is 0 Å². The van der Waals surface area contributed by atoms with E-state index in [1.165, 1.54) is 0 Å².